The Bertz CT molecular complexity index is 1530. The topological polar surface area (TPSA) is 331 Å². The van der Waals surface area contributed by atoms with Crippen LogP contribution in [0.5, 0.6) is 0 Å². The molecule has 0 aliphatic heterocycles. The van der Waals surface area contributed by atoms with E-state index >= 15 is 0 Å². The largest absolute Gasteiger partial charge is 0.474 e. The van der Waals surface area contributed by atoms with Crippen molar-refractivity contribution >= 4 is 93.9 Å². The summed E-state index contributed by atoms with van der Waals surface area (Å²) in [5.41, 5.74) is -4.48. The molecule has 0 radical (unpaired) electrons. The first kappa shape index (κ1) is 64.9. The first-order valence-corrected chi connectivity index (χ1v) is 26.6. The van der Waals surface area contributed by atoms with Gasteiger partial charge in [-0.05, 0) is 19.3 Å². The molecule has 3 atom stereocenters. The maximum atomic E-state index is 14.4. The van der Waals surface area contributed by atoms with Gasteiger partial charge in [0.15, 0.2) is 15.3 Å². The number of nitrogens with one attached hydrogen (secondary N) is 6. The van der Waals surface area contributed by atoms with Gasteiger partial charge in [0.05, 0.1) is 19.8 Å². The summed E-state index contributed by atoms with van der Waals surface area (Å²) in [4.78, 5) is 109. The van der Waals surface area contributed by atoms with Crippen LogP contribution in [-0.2, 0) is 61.3 Å². The molecule has 0 aliphatic carbocycles. The van der Waals surface area contributed by atoms with Crippen LogP contribution in [0, 0.1) is 16.2 Å². The van der Waals surface area contributed by atoms with E-state index in [4.69, 9.17) is 13.6 Å². The van der Waals surface area contributed by atoms with Crippen LogP contribution in [0.15, 0.2) is 0 Å². The van der Waals surface area contributed by atoms with E-state index in [-0.39, 0.29) is 72.0 Å². The average molecular weight is 1050 g/mol. The molecule has 6 amide bonds. The number of aliphatic hydroxyl groups is 3. The summed E-state index contributed by atoms with van der Waals surface area (Å²) >= 11 is 3.41. The molecule has 0 saturated heterocycles. The Labute approximate surface area is 412 Å². The molecule has 0 saturated carbocycles. The number of carbonyl (C=O) groups excluding carboxylic acids is 9. The third-order valence-corrected chi connectivity index (χ3v) is 13.6. The van der Waals surface area contributed by atoms with Gasteiger partial charge in [-0.15, -0.1) is 0 Å². The Morgan fingerprint density at radius 2 is 0.676 bits per heavy atom. The van der Waals surface area contributed by atoms with Crippen molar-refractivity contribution in [3.63, 3.8) is 0 Å². The second-order valence-electron chi connectivity index (χ2n) is 17.7. The lowest BCUT2D eigenvalue weighted by atomic mass is 9.87. The second kappa shape index (κ2) is 33.5. The van der Waals surface area contributed by atoms with Gasteiger partial charge in [0.25, 0.3) is 0 Å². The van der Waals surface area contributed by atoms with Crippen molar-refractivity contribution in [1.82, 2.24) is 31.9 Å². The zero-order chi connectivity index (χ0) is 52.1. The second-order valence-corrected chi connectivity index (χ2v) is 23.2. The standard InChI is InChI=1S/C42H75N6O16PS3/c1-28(49)66-22-10-16-43-31(52)13-19-46-37(58)34(55)40(4,5)25-62-65(61,63-26-41(6,7)35(56)38(59)47-20-14-32(53)44-17-11-23-67-29(2)50)64-27-42(8,9)36(57)39(60)48-21-15-33(54)45-18-12-24-68-30(3)51/h34-36,55-57H,10-27H2,1-9H3,(H,43,52)(H,44,53)(H,45,54)(H,46,58)(H,47,59)(H,48,60)/t34-,35-,36-/m0/s1. The van der Waals surface area contributed by atoms with Crippen LogP contribution >= 0.6 is 43.1 Å². The molecule has 0 spiro atoms. The molecule has 0 fully saturated rings. The lowest BCUT2D eigenvalue weighted by Crippen LogP contribution is -2.47. The molecule has 26 heteroatoms. The van der Waals surface area contributed by atoms with Crippen LogP contribution in [-0.4, -0.2) is 161 Å². The summed E-state index contributed by atoms with van der Waals surface area (Å²) in [6, 6.07) is 0. The molecule has 0 unspecified atom stereocenters. The van der Waals surface area contributed by atoms with Crippen LogP contribution in [0.4, 0.5) is 0 Å². The number of hydrogen-bond acceptors (Lipinski definition) is 19. The third kappa shape index (κ3) is 29.8. The van der Waals surface area contributed by atoms with E-state index in [0.29, 0.717) is 56.2 Å². The maximum Gasteiger partial charge on any atom is 0.474 e. The van der Waals surface area contributed by atoms with Gasteiger partial charge in [-0.25, -0.2) is 4.57 Å². The Kier molecular flexibility index (Phi) is 31.9. The fourth-order valence-corrected chi connectivity index (χ4v) is 8.57. The van der Waals surface area contributed by atoms with Crippen molar-refractivity contribution in [3.05, 3.63) is 0 Å². The predicted molar refractivity (Wildman–Crippen MR) is 260 cm³/mol. The molecule has 0 aromatic carbocycles. The van der Waals surface area contributed by atoms with Gasteiger partial charge in [0.1, 0.15) is 18.3 Å². The molecule has 0 aliphatic rings. The molecular weight excluding hydrogens is 972 g/mol. The average Bonchev–Trinajstić information content (AvgIpc) is 3.25. The normalized spacial score (nSPS) is 13.4. The minimum absolute atomic E-state index is 0.0333. The van der Waals surface area contributed by atoms with E-state index in [1.54, 1.807) is 0 Å². The minimum atomic E-state index is -4.83. The Morgan fingerprint density at radius 3 is 0.897 bits per heavy atom. The summed E-state index contributed by atoms with van der Waals surface area (Å²) in [7, 11) is -4.83. The first-order chi connectivity index (χ1) is 31.5. The summed E-state index contributed by atoms with van der Waals surface area (Å²) in [6.07, 6.45) is -3.99. The molecule has 0 aromatic rings. The van der Waals surface area contributed by atoms with Crippen molar-refractivity contribution in [2.24, 2.45) is 16.2 Å². The van der Waals surface area contributed by atoms with Crippen molar-refractivity contribution in [3.8, 4) is 0 Å². The van der Waals surface area contributed by atoms with Gasteiger partial charge in [-0.1, -0.05) is 76.8 Å². The highest BCUT2D eigenvalue weighted by Crippen LogP contribution is 2.53. The number of thioether (sulfide) groups is 3. The van der Waals surface area contributed by atoms with Crippen molar-refractivity contribution in [2.75, 3.05) is 76.3 Å². The number of rotatable bonds is 36. The van der Waals surface area contributed by atoms with E-state index < -0.39 is 79.9 Å². The lowest BCUT2D eigenvalue weighted by Gasteiger charge is -2.34. The zero-order valence-electron chi connectivity index (χ0n) is 40.8. The fraction of sp³-hybridized carbons (Fsp3) is 0.786. The highest BCUT2D eigenvalue weighted by Gasteiger charge is 2.43. The van der Waals surface area contributed by atoms with Crippen LogP contribution in [0.1, 0.15) is 101 Å². The molecule has 0 bridgehead atoms. The monoisotopic (exact) mass is 1050 g/mol. The molecule has 68 heavy (non-hydrogen) atoms. The third-order valence-electron chi connectivity index (χ3n) is 9.55. The van der Waals surface area contributed by atoms with Crippen LogP contribution in [0.2, 0.25) is 0 Å². The minimum Gasteiger partial charge on any atom is -0.383 e. The van der Waals surface area contributed by atoms with Crippen molar-refractivity contribution in [2.45, 2.75) is 119 Å². The highest BCUT2D eigenvalue weighted by atomic mass is 32.2. The predicted octanol–water partition coefficient (Wildman–Crippen LogP) is 1.18. The summed E-state index contributed by atoms with van der Waals surface area (Å²) in [6.45, 7) is 11.4. The molecule has 0 rings (SSSR count). The summed E-state index contributed by atoms with van der Waals surface area (Å²) in [5, 5.41) is 48.3. The lowest BCUT2D eigenvalue weighted by molar-refractivity contribution is -0.138. The zero-order valence-corrected chi connectivity index (χ0v) is 44.1. The molecule has 22 nitrogen and oxygen atoms in total. The number of phosphoric acid groups is 1. The van der Waals surface area contributed by atoms with Gasteiger partial charge < -0.3 is 47.2 Å². The van der Waals surface area contributed by atoms with E-state index in [0.717, 1.165) is 35.3 Å². The molecule has 392 valence electrons. The molecule has 0 aromatic heterocycles. The van der Waals surface area contributed by atoms with Gasteiger partial charge in [-0.3, -0.25) is 56.7 Å². The first-order valence-electron chi connectivity index (χ1n) is 22.2. The smallest absolute Gasteiger partial charge is 0.383 e. The van der Waals surface area contributed by atoms with Gasteiger partial charge in [0, 0.05) is 113 Å². The van der Waals surface area contributed by atoms with E-state index in [1.165, 1.54) is 62.3 Å². The van der Waals surface area contributed by atoms with Crippen molar-refractivity contribution < 1.29 is 76.6 Å². The van der Waals surface area contributed by atoms with Crippen LogP contribution < -0.4 is 31.9 Å². The Balaban J connectivity index is 5.75. The number of aliphatic hydroxyl groups excluding tert-OH is 3. The quantitative estimate of drug-likeness (QED) is 0.0314. The van der Waals surface area contributed by atoms with Gasteiger partial charge >= 0.3 is 7.82 Å². The summed E-state index contributed by atoms with van der Waals surface area (Å²) < 4.78 is 31.3. The highest BCUT2D eigenvalue weighted by molar-refractivity contribution is 8.14. The molecule has 0 heterocycles. The van der Waals surface area contributed by atoms with Crippen molar-refractivity contribution in [1.29, 1.82) is 0 Å². The molecule has 9 N–H and O–H groups in total. The van der Waals surface area contributed by atoms with E-state index in [2.05, 4.69) is 31.9 Å². The summed E-state index contributed by atoms with van der Waals surface area (Å²) in [5.74, 6) is -2.13. The van der Waals surface area contributed by atoms with E-state index in [9.17, 15) is 63.0 Å². The van der Waals surface area contributed by atoms with Gasteiger partial charge in [-0.2, -0.15) is 0 Å². The Morgan fingerprint density at radius 1 is 0.441 bits per heavy atom. The number of hydrogen-bond donors (Lipinski definition) is 9. The number of amides is 6. The SMILES string of the molecule is CC(=O)SCCCNC(=O)CCNC(=O)[C@H](O)C(C)(C)COP(=O)(OCC(C)(C)[C@@H](O)C(=O)NCCC(=O)NCCCSC(C)=O)OCC(C)(C)[C@@H](O)C(=O)NCCC(=O)NCCCSC(C)=O. The van der Waals surface area contributed by atoms with Crippen LogP contribution in [0.25, 0.3) is 0 Å². The number of phosphoric ester groups is 1. The van der Waals surface area contributed by atoms with E-state index in [1.807, 2.05) is 0 Å². The van der Waals surface area contributed by atoms with Gasteiger partial charge in [0.2, 0.25) is 35.4 Å². The molecular formula is C42H75N6O16PS3. The fourth-order valence-electron chi connectivity index (χ4n) is 5.15. The Hall–Kier alpha value is -3.13. The maximum absolute atomic E-state index is 14.4. The number of carbonyl (C=O) groups is 9. The van der Waals surface area contributed by atoms with Crippen LogP contribution in [0.3, 0.4) is 0 Å².